The molecule has 6 nitrogen and oxygen atoms in total. The number of amides is 2. The first kappa shape index (κ1) is 16.1. The van der Waals surface area contributed by atoms with Gasteiger partial charge in [0.2, 0.25) is 5.91 Å². The second-order valence-corrected chi connectivity index (χ2v) is 5.89. The number of ether oxygens (including phenoxy) is 1. The number of fused-ring (bicyclic) bond motifs is 1. The van der Waals surface area contributed by atoms with E-state index in [4.69, 9.17) is 9.15 Å². The number of anilines is 1. The van der Waals surface area contributed by atoms with Crippen LogP contribution in [-0.4, -0.2) is 24.5 Å². The summed E-state index contributed by atoms with van der Waals surface area (Å²) < 4.78 is 11.1. The van der Waals surface area contributed by atoms with Crippen LogP contribution < -0.4 is 15.0 Å². The van der Waals surface area contributed by atoms with Crippen molar-refractivity contribution in [1.29, 1.82) is 0 Å². The highest BCUT2D eigenvalue weighted by atomic mass is 16.5. The largest absolute Gasteiger partial charge is 0.479 e. The second kappa shape index (κ2) is 6.39. The number of rotatable bonds is 4. The van der Waals surface area contributed by atoms with E-state index in [1.54, 1.807) is 19.1 Å². The summed E-state index contributed by atoms with van der Waals surface area (Å²) in [7, 11) is 0. The SMILES string of the molecule is Cc1ccc([C@H](C)NC(=O)CN2C(=O)[C@H](C)Oc3ccccc32)o1. The number of aryl methyl sites for hydroxylation is 1. The van der Waals surface area contributed by atoms with E-state index in [0.29, 0.717) is 17.2 Å². The smallest absolute Gasteiger partial charge is 0.268 e. The van der Waals surface area contributed by atoms with Gasteiger partial charge in [0.15, 0.2) is 6.10 Å². The minimum Gasteiger partial charge on any atom is -0.479 e. The average molecular weight is 328 g/mol. The van der Waals surface area contributed by atoms with Gasteiger partial charge in [-0.1, -0.05) is 12.1 Å². The maximum absolute atomic E-state index is 12.4. The molecule has 1 N–H and O–H groups in total. The van der Waals surface area contributed by atoms with Gasteiger partial charge in [-0.25, -0.2) is 0 Å². The number of nitrogens with one attached hydrogen (secondary N) is 1. The molecular weight excluding hydrogens is 308 g/mol. The minimum absolute atomic E-state index is 0.0619. The lowest BCUT2D eigenvalue weighted by atomic mass is 10.2. The number of furan rings is 1. The Hall–Kier alpha value is -2.76. The zero-order valence-electron chi connectivity index (χ0n) is 13.9. The van der Waals surface area contributed by atoms with Crippen LogP contribution in [-0.2, 0) is 9.59 Å². The summed E-state index contributed by atoms with van der Waals surface area (Å²) in [5.74, 6) is 1.59. The van der Waals surface area contributed by atoms with Crippen molar-refractivity contribution in [2.75, 3.05) is 11.4 Å². The third-order valence-electron chi connectivity index (χ3n) is 3.94. The van der Waals surface area contributed by atoms with Gasteiger partial charge in [0.1, 0.15) is 23.8 Å². The number of para-hydroxylation sites is 2. The molecule has 0 radical (unpaired) electrons. The molecule has 0 unspecified atom stereocenters. The molecule has 3 rings (SSSR count). The molecule has 1 aromatic carbocycles. The molecule has 2 aromatic rings. The third kappa shape index (κ3) is 3.13. The molecule has 0 spiro atoms. The fourth-order valence-corrected chi connectivity index (χ4v) is 2.71. The molecule has 2 amide bonds. The van der Waals surface area contributed by atoms with Gasteiger partial charge in [-0.05, 0) is 45.0 Å². The Morgan fingerprint density at radius 3 is 2.75 bits per heavy atom. The van der Waals surface area contributed by atoms with Gasteiger partial charge in [0.05, 0.1) is 11.7 Å². The lowest BCUT2D eigenvalue weighted by Gasteiger charge is -2.32. The lowest BCUT2D eigenvalue weighted by molar-refractivity contribution is -0.128. The van der Waals surface area contributed by atoms with E-state index in [0.717, 1.165) is 5.76 Å². The molecule has 1 aromatic heterocycles. The van der Waals surface area contributed by atoms with E-state index in [1.165, 1.54) is 4.90 Å². The molecular formula is C18H20N2O4. The summed E-state index contributed by atoms with van der Waals surface area (Å²) in [6.45, 7) is 5.31. The number of nitrogens with zero attached hydrogens (tertiary/aromatic N) is 1. The fourth-order valence-electron chi connectivity index (χ4n) is 2.71. The maximum atomic E-state index is 12.4. The second-order valence-electron chi connectivity index (χ2n) is 5.89. The summed E-state index contributed by atoms with van der Waals surface area (Å²) in [6, 6.07) is 10.6. The fraction of sp³-hybridized carbons (Fsp3) is 0.333. The van der Waals surface area contributed by atoms with Crippen molar-refractivity contribution in [1.82, 2.24) is 5.32 Å². The summed E-state index contributed by atoms with van der Waals surface area (Å²) in [6.07, 6.45) is -0.613. The Bertz CT molecular complexity index is 768. The molecule has 6 heteroatoms. The Kier molecular flexibility index (Phi) is 4.29. The van der Waals surface area contributed by atoms with Crippen LogP contribution in [0.1, 0.15) is 31.4 Å². The van der Waals surface area contributed by atoms with Crippen LogP contribution in [0, 0.1) is 6.92 Å². The maximum Gasteiger partial charge on any atom is 0.268 e. The van der Waals surface area contributed by atoms with Gasteiger partial charge in [0, 0.05) is 0 Å². The zero-order valence-corrected chi connectivity index (χ0v) is 13.9. The first-order valence-electron chi connectivity index (χ1n) is 7.88. The van der Waals surface area contributed by atoms with Crippen LogP contribution in [0.5, 0.6) is 5.75 Å². The predicted octanol–water partition coefficient (Wildman–Crippen LogP) is 2.58. The van der Waals surface area contributed by atoms with E-state index < -0.39 is 6.10 Å². The number of hydrogen-bond acceptors (Lipinski definition) is 4. The quantitative estimate of drug-likeness (QED) is 0.936. The van der Waals surface area contributed by atoms with E-state index >= 15 is 0 Å². The number of benzene rings is 1. The molecule has 0 saturated heterocycles. The van der Waals surface area contributed by atoms with Gasteiger partial charge in [-0.2, -0.15) is 0 Å². The Labute approximate surface area is 140 Å². The van der Waals surface area contributed by atoms with Crippen LogP contribution in [0.25, 0.3) is 0 Å². The van der Waals surface area contributed by atoms with E-state index in [1.807, 2.05) is 38.1 Å². The monoisotopic (exact) mass is 328 g/mol. The zero-order chi connectivity index (χ0) is 17.3. The molecule has 0 aliphatic carbocycles. The van der Waals surface area contributed by atoms with Crippen molar-refractivity contribution in [3.05, 3.63) is 47.9 Å². The molecule has 0 saturated carbocycles. The molecule has 1 aliphatic rings. The summed E-state index contributed by atoms with van der Waals surface area (Å²) in [4.78, 5) is 26.2. The average Bonchev–Trinajstić information content (AvgIpc) is 2.98. The first-order valence-corrected chi connectivity index (χ1v) is 7.88. The van der Waals surface area contributed by atoms with Crippen LogP contribution in [0.3, 0.4) is 0 Å². The van der Waals surface area contributed by atoms with Crippen molar-refractivity contribution in [2.45, 2.75) is 32.9 Å². The Morgan fingerprint density at radius 2 is 2.04 bits per heavy atom. The van der Waals surface area contributed by atoms with E-state index in [2.05, 4.69) is 5.32 Å². The molecule has 24 heavy (non-hydrogen) atoms. The number of carbonyl (C=O) groups excluding carboxylic acids is 2. The van der Waals surface area contributed by atoms with Crippen molar-refractivity contribution in [2.24, 2.45) is 0 Å². The van der Waals surface area contributed by atoms with Crippen LogP contribution in [0.2, 0.25) is 0 Å². The summed E-state index contributed by atoms with van der Waals surface area (Å²) in [5.41, 5.74) is 0.609. The van der Waals surface area contributed by atoms with E-state index in [9.17, 15) is 9.59 Å². The van der Waals surface area contributed by atoms with Gasteiger partial charge in [0.25, 0.3) is 5.91 Å². The third-order valence-corrected chi connectivity index (χ3v) is 3.94. The topological polar surface area (TPSA) is 71.8 Å². The van der Waals surface area contributed by atoms with Gasteiger partial charge >= 0.3 is 0 Å². The highest BCUT2D eigenvalue weighted by Crippen LogP contribution is 2.33. The molecule has 0 fully saturated rings. The lowest BCUT2D eigenvalue weighted by Crippen LogP contribution is -2.49. The van der Waals surface area contributed by atoms with Crippen LogP contribution >= 0.6 is 0 Å². The first-order chi connectivity index (χ1) is 11.5. The molecule has 1 aliphatic heterocycles. The molecule has 2 atom stereocenters. The predicted molar refractivity (Wildman–Crippen MR) is 88.9 cm³/mol. The Morgan fingerprint density at radius 1 is 1.29 bits per heavy atom. The number of hydrogen-bond donors (Lipinski definition) is 1. The molecule has 2 heterocycles. The Balaban J connectivity index is 1.72. The van der Waals surface area contributed by atoms with Crippen LogP contribution in [0.15, 0.2) is 40.8 Å². The highest BCUT2D eigenvalue weighted by molar-refractivity contribution is 6.03. The normalized spacial score (nSPS) is 17.9. The van der Waals surface area contributed by atoms with Gasteiger partial charge in [-0.15, -0.1) is 0 Å². The van der Waals surface area contributed by atoms with Crippen molar-refractivity contribution in [3.63, 3.8) is 0 Å². The van der Waals surface area contributed by atoms with E-state index in [-0.39, 0.29) is 24.4 Å². The van der Waals surface area contributed by atoms with Crippen LogP contribution in [0.4, 0.5) is 5.69 Å². The summed E-state index contributed by atoms with van der Waals surface area (Å²) in [5, 5.41) is 2.86. The number of carbonyl (C=O) groups is 2. The van der Waals surface area contributed by atoms with Crippen molar-refractivity contribution < 1.29 is 18.7 Å². The van der Waals surface area contributed by atoms with Gasteiger partial charge in [-0.3, -0.25) is 14.5 Å². The van der Waals surface area contributed by atoms with Crippen molar-refractivity contribution >= 4 is 17.5 Å². The standard InChI is InChI=1S/C18H20N2O4/c1-11-8-9-15(23-11)12(2)19-17(21)10-20-14-6-4-5-7-16(14)24-13(3)18(20)22/h4-9,12-13H,10H2,1-3H3,(H,19,21)/t12-,13-/m0/s1. The molecule has 126 valence electrons. The highest BCUT2D eigenvalue weighted by Gasteiger charge is 2.32. The minimum atomic E-state index is -0.613. The van der Waals surface area contributed by atoms with Gasteiger partial charge < -0.3 is 14.5 Å². The summed E-state index contributed by atoms with van der Waals surface area (Å²) >= 11 is 0. The van der Waals surface area contributed by atoms with Crippen molar-refractivity contribution in [3.8, 4) is 5.75 Å². The molecule has 0 bridgehead atoms.